The number of hydrogen-bond donors (Lipinski definition) is 0. The number of nitro benzene ring substituents is 1. The molecule has 1 aromatic carbocycles. The minimum Gasteiger partial charge on any atom is -0.490 e. The van der Waals surface area contributed by atoms with E-state index in [1.807, 2.05) is 4.90 Å². The van der Waals surface area contributed by atoms with Crippen LogP contribution in [0.5, 0.6) is 5.75 Å². The van der Waals surface area contributed by atoms with Crippen molar-refractivity contribution in [1.82, 2.24) is 0 Å². The van der Waals surface area contributed by atoms with E-state index in [-0.39, 0.29) is 23.3 Å². The van der Waals surface area contributed by atoms with Crippen molar-refractivity contribution in [3.63, 3.8) is 0 Å². The third-order valence-corrected chi connectivity index (χ3v) is 3.75. The maximum absolute atomic E-state index is 11.5. The predicted molar refractivity (Wildman–Crippen MR) is 76.6 cm³/mol. The molecule has 1 aliphatic heterocycles. The Morgan fingerprint density at radius 3 is 2.52 bits per heavy atom. The van der Waals surface area contributed by atoms with E-state index >= 15 is 0 Å². The lowest BCUT2D eigenvalue weighted by Gasteiger charge is -2.32. The molecule has 0 N–H and O–H groups in total. The van der Waals surface area contributed by atoms with Gasteiger partial charge in [-0.05, 0) is 25.0 Å². The molecular weight excluding hydrogens is 276 g/mol. The quantitative estimate of drug-likeness (QED) is 0.480. The summed E-state index contributed by atoms with van der Waals surface area (Å²) in [7, 11) is 2.79. The van der Waals surface area contributed by atoms with Crippen LogP contribution in [0.25, 0.3) is 0 Å². The zero-order valence-electron chi connectivity index (χ0n) is 12.1. The molecule has 1 aromatic rings. The SMILES string of the molecule is COC(=O)C1CCN(c2cccc(OC)c2[N+](=O)[O-])CC1. The fourth-order valence-electron chi connectivity index (χ4n) is 2.64. The van der Waals surface area contributed by atoms with Gasteiger partial charge in [0.2, 0.25) is 0 Å². The highest BCUT2D eigenvalue weighted by Gasteiger charge is 2.30. The molecule has 1 fully saturated rings. The summed E-state index contributed by atoms with van der Waals surface area (Å²) >= 11 is 0. The molecule has 0 unspecified atom stereocenters. The van der Waals surface area contributed by atoms with Crippen LogP contribution < -0.4 is 9.64 Å². The minimum atomic E-state index is -0.430. The third kappa shape index (κ3) is 3.07. The minimum absolute atomic E-state index is 0.0310. The second-order valence-corrected chi connectivity index (χ2v) is 4.87. The molecule has 0 amide bonds. The third-order valence-electron chi connectivity index (χ3n) is 3.75. The number of ether oxygens (including phenoxy) is 2. The van der Waals surface area contributed by atoms with Gasteiger partial charge < -0.3 is 14.4 Å². The molecule has 0 atom stereocenters. The number of piperidine rings is 1. The van der Waals surface area contributed by atoms with Crippen LogP contribution in [-0.2, 0) is 9.53 Å². The van der Waals surface area contributed by atoms with Crippen molar-refractivity contribution in [2.45, 2.75) is 12.8 Å². The van der Waals surface area contributed by atoms with Gasteiger partial charge in [-0.15, -0.1) is 0 Å². The number of rotatable bonds is 4. The van der Waals surface area contributed by atoms with Crippen molar-refractivity contribution in [2.75, 3.05) is 32.2 Å². The maximum atomic E-state index is 11.5. The number of benzene rings is 1. The smallest absolute Gasteiger partial charge is 0.333 e. The van der Waals surface area contributed by atoms with Crippen LogP contribution in [0, 0.1) is 16.0 Å². The Balaban J connectivity index is 2.21. The van der Waals surface area contributed by atoms with Gasteiger partial charge in [0, 0.05) is 13.1 Å². The van der Waals surface area contributed by atoms with E-state index in [1.165, 1.54) is 14.2 Å². The fourth-order valence-corrected chi connectivity index (χ4v) is 2.64. The normalized spacial score (nSPS) is 15.6. The standard InChI is InChI=1S/C14H18N2O5/c1-20-12-5-3-4-11(13(12)16(18)19)15-8-6-10(7-9-15)14(17)21-2/h3-5,10H,6-9H2,1-2H3. The average molecular weight is 294 g/mol. The second kappa shape index (κ2) is 6.43. The molecule has 7 nitrogen and oxygen atoms in total. The highest BCUT2D eigenvalue weighted by molar-refractivity contribution is 5.74. The summed E-state index contributed by atoms with van der Waals surface area (Å²) < 4.78 is 9.82. The van der Waals surface area contributed by atoms with Crippen LogP contribution in [-0.4, -0.2) is 38.2 Å². The molecule has 0 aliphatic carbocycles. The summed E-state index contributed by atoms with van der Waals surface area (Å²) in [6, 6.07) is 5.01. The topological polar surface area (TPSA) is 81.9 Å². The van der Waals surface area contributed by atoms with Gasteiger partial charge >= 0.3 is 11.7 Å². The zero-order chi connectivity index (χ0) is 15.4. The lowest BCUT2D eigenvalue weighted by molar-refractivity contribution is -0.385. The number of nitro groups is 1. The highest BCUT2D eigenvalue weighted by Crippen LogP contribution is 2.38. The molecular formula is C14H18N2O5. The molecule has 0 saturated carbocycles. The fraction of sp³-hybridized carbons (Fsp3) is 0.500. The summed E-state index contributed by atoms with van der Waals surface area (Å²) in [5.74, 6) is -0.0988. The van der Waals surface area contributed by atoms with Gasteiger partial charge in [-0.1, -0.05) is 6.07 Å². The Bertz CT molecular complexity index is 538. The Kier molecular flexibility index (Phi) is 4.62. The number of anilines is 1. The van der Waals surface area contributed by atoms with E-state index in [1.54, 1.807) is 18.2 Å². The van der Waals surface area contributed by atoms with Crippen molar-refractivity contribution in [3.8, 4) is 5.75 Å². The maximum Gasteiger partial charge on any atom is 0.333 e. The molecule has 0 spiro atoms. The lowest BCUT2D eigenvalue weighted by atomic mass is 9.96. The summed E-state index contributed by atoms with van der Waals surface area (Å²) in [5, 5.41) is 11.3. The first-order chi connectivity index (χ1) is 10.1. The van der Waals surface area contributed by atoms with Gasteiger partial charge in [0.05, 0.1) is 25.1 Å². The van der Waals surface area contributed by atoms with Crippen LogP contribution in [0.1, 0.15) is 12.8 Å². The van der Waals surface area contributed by atoms with Gasteiger partial charge in [-0.2, -0.15) is 0 Å². The monoisotopic (exact) mass is 294 g/mol. The first-order valence-corrected chi connectivity index (χ1v) is 6.72. The highest BCUT2D eigenvalue weighted by atomic mass is 16.6. The van der Waals surface area contributed by atoms with Crippen molar-refractivity contribution in [2.24, 2.45) is 5.92 Å². The molecule has 2 rings (SSSR count). The van der Waals surface area contributed by atoms with E-state index in [4.69, 9.17) is 9.47 Å². The number of methoxy groups -OCH3 is 2. The summed E-state index contributed by atoms with van der Waals surface area (Å²) in [5.41, 5.74) is 0.499. The first-order valence-electron chi connectivity index (χ1n) is 6.72. The number of carbonyl (C=O) groups excluding carboxylic acids is 1. The zero-order valence-corrected chi connectivity index (χ0v) is 12.1. The molecule has 7 heteroatoms. The molecule has 1 saturated heterocycles. The summed E-state index contributed by atoms with van der Waals surface area (Å²) in [6.07, 6.45) is 1.25. The van der Waals surface area contributed by atoms with Crippen molar-refractivity contribution in [1.29, 1.82) is 0 Å². The van der Waals surface area contributed by atoms with Crippen LogP contribution in [0.3, 0.4) is 0 Å². The van der Waals surface area contributed by atoms with Gasteiger partial charge in [-0.25, -0.2) is 0 Å². The van der Waals surface area contributed by atoms with Crippen LogP contribution >= 0.6 is 0 Å². The molecule has 1 aliphatic rings. The van der Waals surface area contributed by atoms with Crippen LogP contribution in [0.2, 0.25) is 0 Å². The van der Waals surface area contributed by atoms with Crippen molar-refractivity contribution < 1.29 is 19.2 Å². The number of esters is 1. The molecule has 21 heavy (non-hydrogen) atoms. The summed E-state index contributed by atoms with van der Waals surface area (Å²) in [4.78, 5) is 24.3. The Hall–Kier alpha value is -2.31. The second-order valence-electron chi connectivity index (χ2n) is 4.87. The number of carbonyl (C=O) groups is 1. The average Bonchev–Trinajstić information content (AvgIpc) is 2.53. The molecule has 0 aromatic heterocycles. The van der Waals surface area contributed by atoms with Crippen molar-refractivity contribution in [3.05, 3.63) is 28.3 Å². The Labute approximate surface area is 122 Å². The summed E-state index contributed by atoms with van der Waals surface area (Å²) in [6.45, 7) is 1.15. The van der Waals surface area contributed by atoms with Crippen LogP contribution in [0.15, 0.2) is 18.2 Å². The first kappa shape index (κ1) is 15.1. The van der Waals surface area contributed by atoms with Crippen LogP contribution in [0.4, 0.5) is 11.4 Å². The van der Waals surface area contributed by atoms with Gasteiger partial charge in [0.15, 0.2) is 5.75 Å². The largest absolute Gasteiger partial charge is 0.490 e. The Morgan fingerprint density at radius 2 is 2.00 bits per heavy atom. The number of nitrogens with zero attached hydrogens (tertiary/aromatic N) is 2. The van der Waals surface area contributed by atoms with Crippen molar-refractivity contribution >= 4 is 17.3 Å². The van der Waals surface area contributed by atoms with E-state index < -0.39 is 4.92 Å². The molecule has 0 bridgehead atoms. The molecule has 114 valence electrons. The Morgan fingerprint density at radius 1 is 1.33 bits per heavy atom. The van der Waals surface area contributed by atoms with Gasteiger partial charge in [-0.3, -0.25) is 14.9 Å². The van der Waals surface area contributed by atoms with E-state index in [2.05, 4.69) is 0 Å². The van der Waals surface area contributed by atoms with E-state index in [0.717, 1.165) is 0 Å². The van der Waals surface area contributed by atoms with Gasteiger partial charge in [0.1, 0.15) is 5.69 Å². The lowest BCUT2D eigenvalue weighted by Crippen LogP contribution is -2.37. The van der Waals surface area contributed by atoms with Gasteiger partial charge in [0.25, 0.3) is 0 Å². The van der Waals surface area contributed by atoms with E-state index in [9.17, 15) is 14.9 Å². The number of hydrogen-bond acceptors (Lipinski definition) is 6. The molecule has 0 radical (unpaired) electrons. The predicted octanol–water partition coefficient (Wildman–Crippen LogP) is 1.99. The number of para-hydroxylation sites is 1. The molecule has 1 heterocycles. The van der Waals surface area contributed by atoms with E-state index in [0.29, 0.717) is 31.6 Å².